The molecule has 0 saturated carbocycles. The summed E-state index contributed by atoms with van der Waals surface area (Å²) < 4.78 is 6.21. The Morgan fingerprint density at radius 2 is 2.21 bits per heavy atom. The number of hydrogen-bond donors (Lipinski definition) is 0. The topological polar surface area (TPSA) is 60.4 Å². The van der Waals surface area contributed by atoms with Gasteiger partial charge in [0, 0.05) is 0 Å². The van der Waals surface area contributed by atoms with Crippen LogP contribution in [0.4, 0.5) is 0 Å². The van der Waals surface area contributed by atoms with E-state index in [9.17, 15) is 4.79 Å². The Labute approximate surface area is 77.6 Å². The third-order valence-electron chi connectivity index (χ3n) is 2.08. The van der Waals surface area contributed by atoms with E-state index in [0.717, 1.165) is 11.9 Å². The first-order chi connectivity index (χ1) is 6.86. The van der Waals surface area contributed by atoms with Crippen LogP contribution in [0.15, 0.2) is 40.0 Å². The molecule has 0 fully saturated rings. The van der Waals surface area contributed by atoms with Crippen molar-refractivity contribution >= 4 is 16.6 Å². The maximum atomic E-state index is 11.4. The van der Waals surface area contributed by atoms with Gasteiger partial charge in [-0.1, -0.05) is 0 Å². The third-order valence-corrected chi connectivity index (χ3v) is 2.08. The van der Waals surface area contributed by atoms with Gasteiger partial charge in [0.25, 0.3) is 0 Å². The number of nitrogens with zero attached hydrogens (tertiary/aromatic N) is 3. The lowest BCUT2D eigenvalue weighted by Crippen LogP contribution is -2.06. The van der Waals surface area contributed by atoms with Gasteiger partial charge in [-0.05, 0) is 18.2 Å². The lowest BCUT2D eigenvalue weighted by molar-refractivity contribution is 0.498. The predicted octanol–water partition coefficient (Wildman–Crippen LogP) is 0.836. The molecule has 0 aliphatic carbocycles. The Kier molecular flexibility index (Phi) is 1.25. The summed E-state index contributed by atoms with van der Waals surface area (Å²) in [4.78, 5) is 15.4. The molecular formula is C9H5N3O2. The zero-order valence-corrected chi connectivity index (χ0v) is 7.04. The Hall–Kier alpha value is -2.17. The molecule has 0 atom stereocenters. The number of rotatable bonds is 0. The molecule has 3 aromatic heterocycles. The van der Waals surface area contributed by atoms with E-state index in [1.807, 2.05) is 12.1 Å². The molecule has 0 spiro atoms. The second kappa shape index (κ2) is 2.41. The van der Waals surface area contributed by atoms with E-state index in [0.29, 0.717) is 11.0 Å². The SMILES string of the molecule is O=c1ocnc2ccc3ccnn3c12. The van der Waals surface area contributed by atoms with Crippen LogP contribution in [0.25, 0.3) is 16.6 Å². The van der Waals surface area contributed by atoms with Gasteiger partial charge >= 0.3 is 5.63 Å². The maximum Gasteiger partial charge on any atom is 0.365 e. The van der Waals surface area contributed by atoms with Gasteiger partial charge in [-0.15, -0.1) is 0 Å². The van der Waals surface area contributed by atoms with Crippen molar-refractivity contribution in [3.05, 3.63) is 41.2 Å². The van der Waals surface area contributed by atoms with Gasteiger partial charge in [-0.3, -0.25) is 0 Å². The minimum atomic E-state index is -0.427. The van der Waals surface area contributed by atoms with Crippen LogP contribution in [0, 0.1) is 0 Å². The van der Waals surface area contributed by atoms with Gasteiger partial charge in [0.1, 0.15) is 0 Å². The van der Waals surface area contributed by atoms with E-state index >= 15 is 0 Å². The predicted molar refractivity (Wildman–Crippen MR) is 49.0 cm³/mol. The maximum absolute atomic E-state index is 11.4. The van der Waals surface area contributed by atoms with Crippen molar-refractivity contribution in [1.29, 1.82) is 0 Å². The fourth-order valence-electron chi connectivity index (χ4n) is 1.46. The first-order valence-electron chi connectivity index (χ1n) is 4.06. The highest BCUT2D eigenvalue weighted by molar-refractivity contribution is 5.76. The standard InChI is InChI=1S/C9H5N3O2/c13-9-8-7(10-5-14-9)2-1-6-3-4-11-12(6)8/h1-5H. The summed E-state index contributed by atoms with van der Waals surface area (Å²) in [6, 6.07) is 5.43. The Bertz CT molecular complexity index is 668. The van der Waals surface area contributed by atoms with Crippen LogP contribution in [0.3, 0.4) is 0 Å². The molecule has 3 aromatic rings. The molecule has 0 aliphatic rings. The lowest BCUT2D eigenvalue weighted by atomic mass is 10.3. The second-order valence-corrected chi connectivity index (χ2v) is 2.87. The molecule has 3 heterocycles. The van der Waals surface area contributed by atoms with Crippen LogP contribution in [0.2, 0.25) is 0 Å². The second-order valence-electron chi connectivity index (χ2n) is 2.87. The van der Waals surface area contributed by atoms with Gasteiger partial charge in [0.15, 0.2) is 11.9 Å². The smallest absolute Gasteiger partial charge is 0.365 e. The van der Waals surface area contributed by atoms with Crippen LogP contribution >= 0.6 is 0 Å². The first kappa shape index (κ1) is 7.25. The van der Waals surface area contributed by atoms with Crippen molar-refractivity contribution in [2.24, 2.45) is 0 Å². The normalized spacial score (nSPS) is 11.1. The zero-order valence-electron chi connectivity index (χ0n) is 7.04. The summed E-state index contributed by atoms with van der Waals surface area (Å²) in [7, 11) is 0. The fourth-order valence-corrected chi connectivity index (χ4v) is 1.46. The molecule has 0 unspecified atom stereocenters. The van der Waals surface area contributed by atoms with E-state index in [4.69, 9.17) is 4.42 Å². The van der Waals surface area contributed by atoms with Gasteiger partial charge in [0.2, 0.25) is 0 Å². The third kappa shape index (κ3) is 0.806. The van der Waals surface area contributed by atoms with Gasteiger partial charge in [-0.25, -0.2) is 14.3 Å². The number of pyridine rings is 1. The monoisotopic (exact) mass is 187 g/mol. The summed E-state index contributed by atoms with van der Waals surface area (Å²) in [6.07, 6.45) is 2.77. The van der Waals surface area contributed by atoms with Gasteiger partial charge < -0.3 is 4.42 Å². The van der Waals surface area contributed by atoms with E-state index in [1.54, 1.807) is 12.3 Å². The number of hydrogen-bond acceptors (Lipinski definition) is 4. The first-order valence-corrected chi connectivity index (χ1v) is 4.06. The van der Waals surface area contributed by atoms with Crippen LogP contribution < -0.4 is 5.63 Å². The average Bonchev–Trinajstić information content (AvgIpc) is 2.65. The zero-order chi connectivity index (χ0) is 9.54. The highest BCUT2D eigenvalue weighted by Crippen LogP contribution is 2.09. The largest absolute Gasteiger partial charge is 0.410 e. The Morgan fingerprint density at radius 3 is 3.14 bits per heavy atom. The minimum absolute atomic E-state index is 0.370. The molecule has 0 amide bonds. The van der Waals surface area contributed by atoms with Gasteiger partial charge in [0.05, 0.1) is 17.2 Å². The summed E-state index contributed by atoms with van der Waals surface area (Å²) in [5.41, 5.74) is 1.37. The molecule has 3 rings (SSSR count). The molecular weight excluding hydrogens is 182 g/mol. The average molecular weight is 187 g/mol. The molecule has 5 nitrogen and oxygen atoms in total. The molecule has 0 N–H and O–H groups in total. The molecule has 68 valence electrons. The highest BCUT2D eigenvalue weighted by Gasteiger charge is 2.05. The van der Waals surface area contributed by atoms with Crippen LogP contribution in [0.1, 0.15) is 0 Å². The minimum Gasteiger partial charge on any atom is -0.410 e. The van der Waals surface area contributed by atoms with Crippen LogP contribution in [-0.4, -0.2) is 14.6 Å². The Balaban J connectivity index is 2.74. The summed E-state index contributed by atoms with van der Waals surface area (Å²) in [5, 5.41) is 4.02. The van der Waals surface area contributed by atoms with E-state index < -0.39 is 5.63 Å². The Morgan fingerprint density at radius 1 is 1.29 bits per heavy atom. The van der Waals surface area contributed by atoms with Crippen molar-refractivity contribution in [3.8, 4) is 0 Å². The molecule has 0 radical (unpaired) electrons. The lowest BCUT2D eigenvalue weighted by Gasteiger charge is -1.97. The molecule has 0 bridgehead atoms. The van der Waals surface area contributed by atoms with Crippen LogP contribution in [0.5, 0.6) is 0 Å². The van der Waals surface area contributed by atoms with E-state index in [1.165, 1.54) is 4.52 Å². The van der Waals surface area contributed by atoms with Crippen molar-refractivity contribution in [1.82, 2.24) is 14.6 Å². The fraction of sp³-hybridized carbons (Fsp3) is 0. The highest BCUT2D eigenvalue weighted by atomic mass is 16.4. The molecule has 5 heteroatoms. The van der Waals surface area contributed by atoms with Crippen molar-refractivity contribution in [2.75, 3.05) is 0 Å². The number of aromatic nitrogens is 3. The number of fused-ring (bicyclic) bond motifs is 3. The quantitative estimate of drug-likeness (QED) is 0.523. The summed E-state index contributed by atoms with van der Waals surface area (Å²) >= 11 is 0. The molecule has 14 heavy (non-hydrogen) atoms. The molecule has 0 aromatic carbocycles. The summed E-state index contributed by atoms with van der Waals surface area (Å²) in [5.74, 6) is 0. The van der Waals surface area contributed by atoms with Crippen molar-refractivity contribution in [3.63, 3.8) is 0 Å². The van der Waals surface area contributed by atoms with Crippen LogP contribution in [-0.2, 0) is 0 Å². The van der Waals surface area contributed by atoms with E-state index in [2.05, 4.69) is 10.1 Å². The molecule has 0 saturated heterocycles. The van der Waals surface area contributed by atoms with Gasteiger partial charge in [-0.2, -0.15) is 5.10 Å². The van der Waals surface area contributed by atoms with Crippen molar-refractivity contribution in [2.45, 2.75) is 0 Å². The van der Waals surface area contributed by atoms with Crippen molar-refractivity contribution < 1.29 is 4.42 Å². The molecule has 0 aliphatic heterocycles. The summed E-state index contributed by atoms with van der Waals surface area (Å²) in [6.45, 7) is 0. The van der Waals surface area contributed by atoms with E-state index in [-0.39, 0.29) is 0 Å².